The number of furan rings is 1. The summed E-state index contributed by atoms with van der Waals surface area (Å²) in [4.78, 5) is 4.29. The van der Waals surface area contributed by atoms with Gasteiger partial charge in [0.25, 0.3) is 0 Å². The molecule has 2 heterocycles. The second-order valence-corrected chi connectivity index (χ2v) is 4.95. The lowest BCUT2D eigenvalue weighted by atomic mass is 10.3. The van der Waals surface area contributed by atoms with E-state index in [0.717, 1.165) is 30.3 Å². The average Bonchev–Trinajstić information content (AvgIpc) is 2.89. The summed E-state index contributed by atoms with van der Waals surface area (Å²) in [6, 6.07) is 4.53. The molecule has 0 amide bonds. The molecule has 2 rings (SSSR count). The Bertz CT molecular complexity index is 511. The molecule has 0 bridgehead atoms. The summed E-state index contributed by atoms with van der Waals surface area (Å²) in [6.45, 7) is 9.87. The van der Waals surface area contributed by atoms with E-state index in [9.17, 15) is 0 Å². The Morgan fingerprint density at radius 2 is 2.00 bits per heavy atom. The lowest BCUT2D eigenvalue weighted by Crippen LogP contribution is -2.21. The molecule has 0 aliphatic heterocycles. The molecule has 0 aliphatic rings. The van der Waals surface area contributed by atoms with Crippen LogP contribution in [0.5, 0.6) is 0 Å². The zero-order valence-corrected chi connectivity index (χ0v) is 11.5. The maximum Gasteiger partial charge on any atom is 0.123 e. The van der Waals surface area contributed by atoms with Gasteiger partial charge in [-0.3, -0.25) is 0 Å². The fraction of sp³-hybridized carbons (Fsp3) is 0.500. The molecule has 0 saturated heterocycles. The molecule has 2 aromatic rings. The predicted octanol–water partition coefficient (Wildman–Crippen LogP) is 2.64. The van der Waals surface area contributed by atoms with Crippen molar-refractivity contribution in [2.24, 2.45) is 0 Å². The highest BCUT2D eigenvalue weighted by atomic mass is 16.3. The number of aryl methyl sites for hydroxylation is 1. The summed E-state index contributed by atoms with van der Waals surface area (Å²) < 4.78 is 7.90. The van der Waals surface area contributed by atoms with Crippen LogP contribution in [0.4, 0.5) is 0 Å². The van der Waals surface area contributed by atoms with Crippen LogP contribution in [0.2, 0.25) is 0 Å². The van der Waals surface area contributed by atoms with E-state index in [1.165, 1.54) is 5.69 Å². The number of nitrogens with one attached hydrogen (secondary N) is 1. The van der Waals surface area contributed by atoms with Gasteiger partial charge < -0.3 is 14.3 Å². The summed E-state index contributed by atoms with van der Waals surface area (Å²) in [7, 11) is 0. The van der Waals surface area contributed by atoms with Crippen molar-refractivity contribution in [3.05, 3.63) is 41.4 Å². The molecule has 0 aliphatic carbocycles. The SMILES string of the molecule is Cc1ncn(Cc2ccc(CNC(C)C)o2)c1C. The van der Waals surface area contributed by atoms with Crippen LogP contribution in [0, 0.1) is 13.8 Å². The van der Waals surface area contributed by atoms with Gasteiger partial charge in [-0.2, -0.15) is 0 Å². The van der Waals surface area contributed by atoms with E-state index in [-0.39, 0.29) is 0 Å². The third-order valence-electron chi connectivity index (χ3n) is 3.07. The Kier molecular flexibility index (Phi) is 3.87. The molecule has 0 saturated carbocycles. The van der Waals surface area contributed by atoms with Gasteiger partial charge in [0, 0.05) is 11.7 Å². The summed E-state index contributed by atoms with van der Waals surface area (Å²) >= 11 is 0. The maximum atomic E-state index is 5.79. The van der Waals surface area contributed by atoms with Gasteiger partial charge in [0.1, 0.15) is 11.5 Å². The van der Waals surface area contributed by atoms with Crippen LogP contribution >= 0.6 is 0 Å². The van der Waals surface area contributed by atoms with Crippen molar-refractivity contribution >= 4 is 0 Å². The van der Waals surface area contributed by atoms with E-state index in [4.69, 9.17) is 4.42 Å². The van der Waals surface area contributed by atoms with Crippen LogP contribution in [0.25, 0.3) is 0 Å². The number of imidazole rings is 1. The maximum absolute atomic E-state index is 5.79. The summed E-state index contributed by atoms with van der Waals surface area (Å²) in [5.41, 5.74) is 2.26. The summed E-state index contributed by atoms with van der Waals surface area (Å²) in [6.07, 6.45) is 1.86. The van der Waals surface area contributed by atoms with E-state index in [1.807, 2.05) is 25.4 Å². The molecule has 2 aromatic heterocycles. The highest BCUT2D eigenvalue weighted by Crippen LogP contribution is 2.12. The molecule has 0 atom stereocenters. The van der Waals surface area contributed by atoms with Gasteiger partial charge in [-0.05, 0) is 26.0 Å². The molecule has 4 heteroatoms. The third-order valence-corrected chi connectivity index (χ3v) is 3.07. The van der Waals surface area contributed by atoms with Crippen LogP contribution < -0.4 is 5.32 Å². The van der Waals surface area contributed by atoms with Crippen molar-refractivity contribution in [3.8, 4) is 0 Å². The number of hydrogen-bond donors (Lipinski definition) is 1. The molecule has 1 N–H and O–H groups in total. The molecule has 4 nitrogen and oxygen atoms in total. The summed E-state index contributed by atoms with van der Waals surface area (Å²) in [5.74, 6) is 1.95. The van der Waals surface area contributed by atoms with Crippen molar-refractivity contribution in [1.82, 2.24) is 14.9 Å². The molecule has 18 heavy (non-hydrogen) atoms. The van der Waals surface area contributed by atoms with Crippen molar-refractivity contribution in [1.29, 1.82) is 0 Å². The fourth-order valence-electron chi connectivity index (χ4n) is 1.78. The number of nitrogens with zero attached hydrogens (tertiary/aromatic N) is 2. The van der Waals surface area contributed by atoms with Crippen molar-refractivity contribution in [2.45, 2.75) is 46.8 Å². The Hall–Kier alpha value is -1.55. The Morgan fingerprint density at radius 3 is 2.61 bits per heavy atom. The minimum atomic E-state index is 0.470. The Morgan fingerprint density at radius 1 is 1.28 bits per heavy atom. The monoisotopic (exact) mass is 247 g/mol. The van der Waals surface area contributed by atoms with E-state index < -0.39 is 0 Å². The first-order valence-corrected chi connectivity index (χ1v) is 6.35. The molecular weight excluding hydrogens is 226 g/mol. The third kappa shape index (κ3) is 3.01. The average molecular weight is 247 g/mol. The molecule has 0 unspecified atom stereocenters. The second kappa shape index (κ2) is 5.40. The minimum Gasteiger partial charge on any atom is -0.463 e. The lowest BCUT2D eigenvalue weighted by Gasteiger charge is -2.05. The quantitative estimate of drug-likeness (QED) is 0.883. The van der Waals surface area contributed by atoms with Crippen LogP contribution in [-0.4, -0.2) is 15.6 Å². The van der Waals surface area contributed by atoms with Gasteiger partial charge in [0.15, 0.2) is 0 Å². The highest BCUT2D eigenvalue weighted by Gasteiger charge is 2.06. The summed E-state index contributed by atoms with van der Waals surface area (Å²) in [5, 5.41) is 3.34. The van der Waals surface area contributed by atoms with Crippen molar-refractivity contribution in [2.75, 3.05) is 0 Å². The molecule has 98 valence electrons. The van der Waals surface area contributed by atoms with Gasteiger partial charge in [0.05, 0.1) is 25.1 Å². The Balaban J connectivity index is 2.00. The topological polar surface area (TPSA) is 43.0 Å². The zero-order chi connectivity index (χ0) is 13.1. The van der Waals surface area contributed by atoms with Crippen LogP contribution in [0.15, 0.2) is 22.9 Å². The minimum absolute atomic E-state index is 0.470. The van der Waals surface area contributed by atoms with E-state index in [0.29, 0.717) is 6.04 Å². The first kappa shape index (κ1) is 12.9. The predicted molar refractivity (Wildman–Crippen MR) is 71.5 cm³/mol. The molecule has 0 fully saturated rings. The number of hydrogen-bond acceptors (Lipinski definition) is 3. The van der Waals surface area contributed by atoms with E-state index >= 15 is 0 Å². The van der Waals surface area contributed by atoms with Gasteiger partial charge in [0.2, 0.25) is 0 Å². The zero-order valence-electron chi connectivity index (χ0n) is 11.5. The normalized spacial score (nSPS) is 11.4. The molecule has 0 radical (unpaired) electrons. The van der Waals surface area contributed by atoms with Crippen LogP contribution in [-0.2, 0) is 13.1 Å². The smallest absolute Gasteiger partial charge is 0.123 e. The standard InChI is InChI=1S/C14H21N3O/c1-10(2)15-7-13-5-6-14(18-13)8-17-9-16-11(3)12(17)4/h5-6,9-10,15H,7-8H2,1-4H3. The van der Waals surface area contributed by atoms with Gasteiger partial charge >= 0.3 is 0 Å². The van der Waals surface area contributed by atoms with Gasteiger partial charge in [-0.25, -0.2) is 4.98 Å². The highest BCUT2D eigenvalue weighted by molar-refractivity contribution is 5.12. The number of aromatic nitrogens is 2. The molecule has 0 spiro atoms. The Labute approximate surface area is 108 Å². The van der Waals surface area contributed by atoms with Crippen molar-refractivity contribution < 1.29 is 4.42 Å². The van der Waals surface area contributed by atoms with Gasteiger partial charge in [-0.1, -0.05) is 13.8 Å². The van der Waals surface area contributed by atoms with Crippen LogP contribution in [0.1, 0.15) is 36.8 Å². The van der Waals surface area contributed by atoms with Crippen molar-refractivity contribution in [3.63, 3.8) is 0 Å². The number of rotatable bonds is 5. The molecule has 0 aromatic carbocycles. The van der Waals surface area contributed by atoms with Gasteiger partial charge in [-0.15, -0.1) is 0 Å². The van der Waals surface area contributed by atoms with E-state index in [1.54, 1.807) is 0 Å². The van der Waals surface area contributed by atoms with Crippen LogP contribution in [0.3, 0.4) is 0 Å². The van der Waals surface area contributed by atoms with E-state index in [2.05, 4.69) is 35.6 Å². The fourth-order valence-corrected chi connectivity index (χ4v) is 1.78. The first-order valence-electron chi connectivity index (χ1n) is 6.35. The second-order valence-electron chi connectivity index (χ2n) is 4.95. The lowest BCUT2D eigenvalue weighted by molar-refractivity contribution is 0.426. The molecular formula is C14H21N3O. The first-order chi connectivity index (χ1) is 8.56. The largest absolute Gasteiger partial charge is 0.463 e.